The molecule has 0 bridgehead atoms. The zero-order valence-electron chi connectivity index (χ0n) is 11.8. The van der Waals surface area contributed by atoms with E-state index >= 15 is 0 Å². The monoisotopic (exact) mass is 414 g/mol. The molecule has 0 fully saturated rings. The third kappa shape index (κ3) is 4.33. The lowest BCUT2D eigenvalue weighted by Crippen LogP contribution is -2.15. The van der Waals surface area contributed by atoms with Crippen molar-refractivity contribution >= 4 is 44.6 Å². The number of halogens is 5. The Morgan fingerprint density at radius 1 is 1.04 bits per heavy atom. The van der Waals surface area contributed by atoms with Crippen LogP contribution in [-0.4, -0.2) is 13.3 Å². The minimum atomic E-state index is -4.85. The zero-order valence-corrected chi connectivity index (χ0v) is 14.2. The highest BCUT2D eigenvalue weighted by Crippen LogP contribution is 2.36. The predicted octanol–water partition coefficient (Wildman–Crippen LogP) is 4.72. The molecule has 0 aliphatic carbocycles. The van der Waals surface area contributed by atoms with Crippen molar-refractivity contribution in [2.75, 3.05) is 4.72 Å². The number of nitrogens with one attached hydrogen (secondary N) is 1. The molecule has 0 unspecified atom stereocenters. The van der Waals surface area contributed by atoms with Crippen LogP contribution in [0.1, 0.15) is 5.56 Å². The number of nitro groups is 1. The summed E-state index contributed by atoms with van der Waals surface area (Å²) in [6.45, 7) is 0. The fourth-order valence-electron chi connectivity index (χ4n) is 1.82. The van der Waals surface area contributed by atoms with Crippen molar-refractivity contribution in [2.24, 2.45) is 0 Å². The van der Waals surface area contributed by atoms with Gasteiger partial charge in [0.15, 0.2) is 0 Å². The second-order valence-electron chi connectivity index (χ2n) is 4.67. The summed E-state index contributed by atoms with van der Waals surface area (Å²) in [5.41, 5.74) is -2.12. The Morgan fingerprint density at radius 2 is 1.64 bits per heavy atom. The van der Waals surface area contributed by atoms with E-state index in [1.165, 1.54) is 0 Å². The van der Waals surface area contributed by atoms with Crippen molar-refractivity contribution in [2.45, 2.75) is 11.1 Å². The van der Waals surface area contributed by atoms with E-state index in [-0.39, 0.29) is 10.7 Å². The second kappa shape index (κ2) is 6.70. The number of benzene rings is 2. The molecule has 0 saturated carbocycles. The molecule has 2 aromatic rings. The molecule has 0 saturated heterocycles. The smallest absolute Gasteiger partial charge is 0.279 e. The van der Waals surface area contributed by atoms with Gasteiger partial charge in [-0.25, -0.2) is 8.42 Å². The molecule has 2 aromatic carbocycles. The molecule has 0 radical (unpaired) electrons. The van der Waals surface area contributed by atoms with Crippen molar-refractivity contribution in [3.63, 3.8) is 0 Å². The lowest BCUT2D eigenvalue weighted by atomic mass is 10.2. The molecule has 0 spiro atoms. The minimum absolute atomic E-state index is 0.223. The Kier molecular flexibility index (Phi) is 5.17. The standard InChI is InChI=1S/C13H7Cl2F3N2O4S/c14-10-4-2-8(6-9(10)13(16,17)18)25(23,24)19-7-1-3-11(15)12(5-7)20(21)22/h1-6,19H. The van der Waals surface area contributed by atoms with Crippen LogP contribution in [0.15, 0.2) is 41.3 Å². The molecule has 6 nitrogen and oxygen atoms in total. The van der Waals surface area contributed by atoms with Gasteiger partial charge in [-0.1, -0.05) is 23.2 Å². The molecule has 0 aliphatic heterocycles. The normalized spacial score (nSPS) is 12.0. The maximum atomic E-state index is 12.8. The van der Waals surface area contributed by atoms with Gasteiger partial charge in [-0.05, 0) is 30.3 Å². The average molecular weight is 415 g/mol. The van der Waals surface area contributed by atoms with E-state index in [4.69, 9.17) is 23.2 Å². The number of nitro benzene ring substituents is 1. The predicted molar refractivity (Wildman–Crippen MR) is 85.4 cm³/mol. The van der Waals surface area contributed by atoms with Gasteiger partial charge in [0.05, 0.1) is 26.1 Å². The number of rotatable bonds is 4. The molecule has 0 amide bonds. The lowest BCUT2D eigenvalue weighted by Gasteiger charge is -2.12. The quantitative estimate of drug-likeness (QED) is 0.578. The molecule has 0 atom stereocenters. The number of hydrogen-bond donors (Lipinski definition) is 1. The van der Waals surface area contributed by atoms with Gasteiger partial charge in [0.2, 0.25) is 0 Å². The van der Waals surface area contributed by atoms with Crippen LogP contribution in [-0.2, 0) is 16.2 Å². The van der Waals surface area contributed by atoms with Crippen molar-refractivity contribution in [1.82, 2.24) is 0 Å². The molecule has 134 valence electrons. The van der Waals surface area contributed by atoms with Crippen LogP contribution in [0.5, 0.6) is 0 Å². The topological polar surface area (TPSA) is 89.3 Å². The maximum absolute atomic E-state index is 12.8. The van der Waals surface area contributed by atoms with E-state index in [0.717, 1.165) is 30.3 Å². The van der Waals surface area contributed by atoms with Crippen LogP contribution in [0.3, 0.4) is 0 Å². The van der Waals surface area contributed by atoms with Gasteiger partial charge in [0.25, 0.3) is 15.7 Å². The Bertz CT molecular complexity index is 949. The molecule has 0 heterocycles. The van der Waals surface area contributed by atoms with Crippen molar-refractivity contribution in [3.05, 3.63) is 62.1 Å². The molecule has 0 aromatic heterocycles. The van der Waals surface area contributed by atoms with Crippen LogP contribution in [0.25, 0.3) is 0 Å². The minimum Gasteiger partial charge on any atom is -0.279 e. The third-order valence-electron chi connectivity index (χ3n) is 2.95. The van der Waals surface area contributed by atoms with Crippen molar-refractivity contribution in [3.8, 4) is 0 Å². The summed E-state index contributed by atoms with van der Waals surface area (Å²) in [6.07, 6.45) is -4.85. The molecule has 25 heavy (non-hydrogen) atoms. The van der Waals surface area contributed by atoms with E-state index in [9.17, 15) is 31.7 Å². The van der Waals surface area contributed by atoms with E-state index in [0.29, 0.717) is 6.07 Å². The summed E-state index contributed by atoms with van der Waals surface area (Å²) >= 11 is 11.0. The zero-order chi connectivity index (χ0) is 19.0. The highest BCUT2D eigenvalue weighted by atomic mass is 35.5. The third-order valence-corrected chi connectivity index (χ3v) is 4.98. The molecule has 12 heteroatoms. The van der Waals surface area contributed by atoms with E-state index in [1.54, 1.807) is 0 Å². The summed E-state index contributed by atoms with van der Waals surface area (Å²) in [6, 6.07) is 5.11. The number of alkyl halides is 3. The second-order valence-corrected chi connectivity index (χ2v) is 7.17. The van der Waals surface area contributed by atoms with Gasteiger partial charge in [-0.3, -0.25) is 14.8 Å². The number of nitrogens with zero attached hydrogens (tertiary/aromatic N) is 1. The summed E-state index contributed by atoms with van der Waals surface area (Å²) in [7, 11) is -4.44. The first-order valence-electron chi connectivity index (χ1n) is 6.25. The van der Waals surface area contributed by atoms with Crippen LogP contribution >= 0.6 is 23.2 Å². The SMILES string of the molecule is O=[N+]([O-])c1cc(NS(=O)(=O)c2ccc(Cl)c(C(F)(F)F)c2)ccc1Cl. The van der Waals surface area contributed by atoms with Gasteiger partial charge < -0.3 is 0 Å². The fraction of sp³-hybridized carbons (Fsp3) is 0.0769. The average Bonchev–Trinajstić information content (AvgIpc) is 2.47. The first-order valence-corrected chi connectivity index (χ1v) is 8.49. The molecular formula is C13H7Cl2F3N2O4S. The van der Waals surface area contributed by atoms with Crippen LogP contribution in [0.2, 0.25) is 10.0 Å². The largest absolute Gasteiger partial charge is 0.417 e. The Morgan fingerprint density at radius 3 is 2.20 bits per heavy atom. The molecule has 0 aliphatic rings. The highest BCUT2D eigenvalue weighted by Gasteiger charge is 2.34. The summed E-state index contributed by atoms with van der Waals surface area (Å²) in [5.74, 6) is 0. The summed E-state index contributed by atoms with van der Waals surface area (Å²) in [4.78, 5) is 9.27. The lowest BCUT2D eigenvalue weighted by molar-refractivity contribution is -0.384. The van der Waals surface area contributed by atoms with Crippen molar-refractivity contribution < 1.29 is 26.5 Å². The van der Waals surface area contributed by atoms with Crippen LogP contribution in [0.4, 0.5) is 24.5 Å². The van der Waals surface area contributed by atoms with Gasteiger partial charge in [0, 0.05) is 6.07 Å². The number of hydrogen-bond acceptors (Lipinski definition) is 4. The van der Waals surface area contributed by atoms with E-state index in [1.807, 2.05) is 4.72 Å². The summed E-state index contributed by atoms with van der Waals surface area (Å²) < 4.78 is 64.9. The maximum Gasteiger partial charge on any atom is 0.417 e. The van der Waals surface area contributed by atoms with Crippen LogP contribution in [0, 0.1) is 10.1 Å². The number of anilines is 1. The van der Waals surface area contributed by atoms with Gasteiger partial charge in [-0.2, -0.15) is 13.2 Å². The van der Waals surface area contributed by atoms with E-state index < -0.39 is 42.3 Å². The Balaban J connectivity index is 2.44. The molecular weight excluding hydrogens is 408 g/mol. The number of sulfonamides is 1. The molecule has 1 N–H and O–H groups in total. The Labute approximate surface area is 149 Å². The van der Waals surface area contributed by atoms with Crippen LogP contribution < -0.4 is 4.72 Å². The van der Waals surface area contributed by atoms with Crippen molar-refractivity contribution in [1.29, 1.82) is 0 Å². The highest BCUT2D eigenvalue weighted by molar-refractivity contribution is 7.92. The Hall–Kier alpha value is -2.04. The van der Waals surface area contributed by atoms with Gasteiger partial charge in [0.1, 0.15) is 5.02 Å². The first-order chi connectivity index (χ1) is 11.4. The van der Waals surface area contributed by atoms with E-state index in [2.05, 4.69) is 0 Å². The van der Waals surface area contributed by atoms with Gasteiger partial charge >= 0.3 is 6.18 Å². The van der Waals surface area contributed by atoms with Gasteiger partial charge in [-0.15, -0.1) is 0 Å². The summed E-state index contributed by atoms with van der Waals surface area (Å²) in [5, 5.41) is 9.92. The first kappa shape index (κ1) is 19.3. The fourth-order valence-corrected chi connectivity index (χ4v) is 3.31. The molecule has 2 rings (SSSR count).